The van der Waals surface area contributed by atoms with Gasteiger partial charge in [-0.3, -0.25) is 4.79 Å². The molecule has 0 saturated carbocycles. The number of ketones is 1. The Labute approximate surface area is 145 Å². The van der Waals surface area contributed by atoms with Crippen molar-refractivity contribution in [2.45, 2.75) is 99.1 Å². The molecule has 0 bridgehead atoms. The number of aliphatic hydroxyl groups excluding tert-OH is 1. The molecule has 0 aliphatic rings. The first kappa shape index (κ1) is 22.8. The zero-order valence-electron chi connectivity index (χ0n) is 17.3. The first-order chi connectivity index (χ1) is 10.0. The fraction of sp³-hybridized carbons (Fsp3) is 0.947. The molecule has 23 heavy (non-hydrogen) atoms. The Balaban J connectivity index is 5.14. The van der Waals surface area contributed by atoms with E-state index in [2.05, 4.69) is 47.7 Å². The van der Waals surface area contributed by atoms with E-state index in [0.717, 1.165) is 0 Å². The second-order valence-electron chi connectivity index (χ2n) is 9.89. The van der Waals surface area contributed by atoms with Crippen molar-refractivity contribution >= 4 is 14.1 Å². The van der Waals surface area contributed by atoms with Gasteiger partial charge >= 0.3 is 0 Å². The summed E-state index contributed by atoms with van der Waals surface area (Å²) in [5, 5.41) is 10.7. The molecule has 0 heterocycles. The van der Waals surface area contributed by atoms with Gasteiger partial charge < -0.3 is 9.53 Å². The maximum atomic E-state index is 12.2. The summed E-state index contributed by atoms with van der Waals surface area (Å²) in [5.41, 5.74) is -0.408. The Morgan fingerprint density at radius 1 is 1.04 bits per heavy atom. The summed E-state index contributed by atoms with van der Waals surface area (Å²) < 4.78 is 6.58. The van der Waals surface area contributed by atoms with Crippen LogP contribution in [0.15, 0.2) is 0 Å². The van der Waals surface area contributed by atoms with Gasteiger partial charge in [0.05, 0.1) is 12.2 Å². The van der Waals surface area contributed by atoms with Gasteiger partial charge in [-0.15, -0.1) is 0 Å². The number of carbonyl (C=O) groups excluding carboxylic acids is 1. The Hall–Kier alpha value is -0.193. The Bertz CT molecular complexity index is 388. The lowest BCUT2D eigenvalue weighted by molar-refractivity contribution is -0.129. The van der Waals surface area contributed by atoms with Crippen LogP contribution in [0.5, 0.6) is 0 Å². The molecule has 0 saturated heterocycles. The number of aliphatic hydroxyl groups is 1. The van der Waals surface area contributed by atoms with Crippen LogP contribution in [0.3, 0.4) is 0 Å². The minimum Gasteiger partial charge on any atom is -0.413 e. The average Bonchev–Trinajstić information content (AvgIpc) is 2.32. The normalized spacial score (nSPS) is 18.0. The molecule has 1 N–H and O–H groups in total. The lowest BCUT2D eigenvalue weighted by atomic mass is 9.82. The molecule has 0 rings (SSSR count). The van der Waals surface area contributed by atoms with Gasteiger partial charge in [0.2, 0.25) is 0 Å². The lowest BCUT2D eigenvalue weighted by Crippen LogP contribution is -2.49. The highest BCUT2D eigenvalue weighted by Crippen LogP contribution is 2.39. The summed E-state index contributed by atoms with van der Waals surface area (Å²) in [5.74, 6) is 0.348. The van der Waals surface area contributed by atoms with Crippen molar-refractivity contribution in [3.05, 3.63) is 0 Å². The highest BCUT2D eigenvalue weighted by atomic mass is 28.4. The maximum Gasteiger partial charge on any atom is 0.192 e. The van der Waals surface area contributed by atoms with Crippen molar-refractivity contribution in [2.24, 2.45) is 17.3 Å². The van der Waals surface area contributed by atoms with Crippen molar-refractivity contribution < 1.29 is 14.3 Å². The third-order valence-electron chi connectivity index (χ3n) is 5.25. The molecule has 0 spiro atoms. The zero-order chi connectivity index (χ0) is 18.8. The van der Waals surface area contributed by atoms with E-state index < -0.39 is 19.8 Å². The van der Waals surface area contributed by atoms with Crippen LogP contribution in [0.1, 0.15) is 68.7 Å². The van der Waals surface area contributed by atoms with Crippen molar-refractivity contribution in [3.8, 4) is 0 Å². The van der Waals surface area contributed by atoms with Gasteiger partial charge in [-0.05, 0) is 24.1 Å². The van der Waals surface area contributed by atoms with Gasteiger partial charge in [-0.1, -0.05) is 62.3 Å². The molecule has 3 atom stereocenters. The predicted octanol–water partition coefficient (Wildman–Crippen LogP) is 5.04. The number of hydrogen-bond donors (Lipinski definition) is 1. The zero-order valence-corrected chi connectivity index (χ0v) is 18.3. The topological polar surface area (TPSA) is 46.5 Å². The van der Waals surface area contributed by atoms with E-state index in [0.29, 0.717) is 5.92 Å². The van der Waals surface area contributed by atoms with Gasteiger partial charge in [0.15, 0.2) is 8.32 Å². The molecule has 0 aliphatic carbocycles. The van der Waals surface area contributed by atoms with Crippen molar-refractivity contribution in [1.82, 2.24) is 0 Å². The number of rotatable bonds is 7. The molecule has 0 unspecified atom stereocenters. The second-order valence-corrected chi connectivity index (χ2v) is 14.6. The summed E-state index contributed by atoms with van der Waals surface area (Å²) in [6.07, 6.45) is -0.480. The smallest absolute Gasteiger partial charge is 0.192 e. The minimum atomic E-state index is -1.91. The molecule has 4 heteroatoms. The molecular weight excluding hydrogens is 304 g/mol. The summed E-state index contributed by atoms with van der Waals surface area (Å²) >= 11 is 0. The average molecular weight is 345 g/mol. The first-order valence-corrected chi connectivity index (χ1v) is 11.8. The molecule has 138 valence electrons. The summed E-state index contributed by atoms with van der Waals surface area (Å²) in [6.45, 7) is 23.1. The largest absolute Gasteiger partial charge is 0.413 e. The minimum absolute atomic E-state index is 0.0290. The fourth-order valence-electron chi connectivity index (χ4n) is 2.27. The van der Waals surface area contributed by atoms with Gasteiger partial charge in [0.1, 0.15) is 5.78 Å². The van der Waals surface area contributed by atoms with Gasteiger partial charge in [0, 0.05) is 17.8 Å². The van der Waals surface area contributed by atoms with Gasteiger partial charge in [-0.2, -0.15) is 0 Å². The van der Waals surface area contributed by atoms with E-state index in [-0.39, 0.29) is 29.3 Å². The van der Waals surface area contributed by atoms with Crippen molar-refractivity contribution in [2.75, 3.05) is 0 Å². The molecule has 0 radical (unpaired) electrons. The third-order valence-corrected chi connectivity index (χ3v) is 9.72. The summed E-state index contributed by atoms with van der Waals surface area (Å²) in [4.78, 5) is 12.2. The monoisotopic (exact) mass is 344 g/mol. The second kappa shape index (κ2) is 7.79. The van der Waals surface area contributed by atoms with Crippen LogP contribution in [-0.4, -0.2) is 31.4 Å². The Morgan fingerprint density at radius 2 is 1.48 bits per heavy atom. The van der Waals surface area contributed by atoms with Crippen molar-refractivity contribution in [3.63, 3.8) is 0 Å². The van der Waals surface area contributed by atoms with Crippen LogP contribution >= 0.6 is 0 Å². The summed E-state index contributed by atoms with van der Waals surface area (Å²) in [6, 6.07) is 0. The van der Waals surface area contributed by atoms with Crippen LogP contribution in [0.4, 0.5) is 0 Å². The van der Waals surface area contributed by atoms with E-state index in [4.69, 9.17) is 4.43 Å². The van der Waals surface area contributed by atoms with Crippen LogP contribution in [0.25, 0.3) is 0 Å². The quantitative estimate of drug-likeness (QED) is 0.658. The highest BCUT2D eigenvalue weighted by Gasteiger charge is 2.42. The molecule has 0 amide bonds. The molecule has 0 aromatic heterocycles. The van der Waals surface area contributed by atoms with Crippen LogP contribution in [0, 0.1) is 17.3 Å². The lowest BCUT2D eigenvalue weighted by Gasteiger charge is -2.43. The van der Waals surface area contributed by atoms with Gasteiger partial charge in [0.25, 0.3) is 0 Å². The standard InChI is InChI=1S/C19H40O3Si/c1-13(2)17(22-23(10,11)19(7,8)9)14(3)15(20)12-16(21)18(4,5)6/h13-15,17,20H,12H2,1-11H3/t14-,15+,17-/m1/s1. The maximum absolute atomic E-state index is 12.2. The number of hydrogen-bond acceptors (Lipinski definition) is 3. The fourth-order valence-corrected chi connectivity index (χ4v) is 3.79. The van der Waals surface area contributed by atoms with Crippen LogP contribution < -0.4 is 0 Å². The molecule has 3 nitrogen and oxygen atoms in total. The third kappa shape index (κ3) is 6.67. The molecule has 0 fully saturated rings. The summed E-state index contributed by atoms with van der Waals surface area (Å²) in [7, 11) is -1.91. The predicted molar refractivity (Wildman–Crippen MR) is 101 cm³/mol. The van der Waals surface area contributed by atoms with Crippen LogP contribution in [0.2, 0.25) is 18.1 Å². The van der Waals surface area contributed by atoms with Gasteiger partial charge in [-0.25, -0.2) is 0 Å². The number of carbonyl (C=O) groups is 1. The molecule has 0 aromatic rings. The Kier molecular flexibility index (Phi) is 7.73. The van der Waals surface area contributed by atoms with E-state index in [9.17, 15) is 9.90 Å². The van der Waals surface area contributed by atoms with E-state index in [1.54, 1.807) is 0 Å². The SMILES string of the molecule is CC(C)[C@@H](O[Si](C)(C)C(C)(C)C)[C@H](C)[C@@H](O)CC(=O)C(C)(C)C. The van der Waals surface area contributed by atoms with E-state index in [1.807, 2.05) is 27.7 Å². The highest BCUT2D eigenvalue weighted by molar-refractivity contribution is 6.74. The Morgan fingerprint density at radius 3 is 1.78 bits per heavy atom. The number of Topliss-reactive ketones (excluding diaryl/α,β-unsaturated/α-hetero) is 1. The molecular formula is C19H40O3Si. The first-order valence-electron chi connectivity index (χ1n) is 8.90. The molecule has 0 aromatic carbocycles. The van der Waals surface area contributed by atoms with E-state index >= 15 is 0 Å². The van der Waals surface area contributed by atoms with E-state index in [1.165, 1.54) is 0 Å². The molecule has 0 aliphatic heterocycles. The van der Waals surface area contributed by atoms with Crippen LogP contribution in [-0.2, 0) is 9.22 Å². The van der Waals surface area contributed by atoms with Crippen molar-refractivity contribution in [1.29, 1.82) is 0 Å².